The van der Waals surface area contributed by atoms with E-state index in [1.165, 1.54) is 11.3 Å². The predicted octanol–water partition coefficient (Wildman–Crippen LogP) is 3.98. The number of nitrogens with one attached hydrogen (secondary N) is 1. The number of nitrogens with zero attached hydrogens (tertiary/aromatic N) is 1. The van der Waals surface area contributed by atoms with Crippen molar-refractivity contribution in [2.24, 2.45) is 0 Å². The standard InChI is InChI=1S/C14H11ClN2S/c15-10-5-6-13-11(7-10)16-14-17(13)12-4-2-1-3-9(12)8-18-14/h1-8,12,14,16H/t12-,14-/m0/s1. The molecule has 2 nitrogen and oxygen atoms in total. The van der Waals surface area contributed by atoms with Crippen molar-refractivity contribution in [3.8, 4) is 0 Å². The molecule has 0 fully saturated rings. The molecule has 18 heavy (non-hydrogen) atoms. The van der Waals surface area contributed by atoms with Crippen LogP contribution < -0.4 is 10.2 Å². The fourth-order valence-corrected chi connectivity index (χ4v) is 3.87. The summed E-state index contributed by atoms with van der Waals surface area (Å²) in [5.74, 6) is 0. The molecule has 2 atom stereocenters. The lowest BCUT2D eigenvalue weighted by atomic mass is 10.0. The molecule has 2 aliphatic heterocycles. The Kier molecular flexibility index (Phi) is 2.26. The third-order valence-electron chi connectivity index (χ3n) is 3.44. The average molecular weight is 275 g/mol. The van der Waals surface area contributed by atoms with Crippen molar-refractivity contribution in [2.75, 3.05) is 10.2 Å². The first-order valence-corrected chi connectivity index (χ1v) is 7.20. The Labute approximate surface area is 115 Å². The fraction of sp³-hybridized carbons (Fsp3) is 0.143. The molecule has 1 aromatic carbocycles. The highest BCUT2D eigenvalue weighted by Crippen LogP contribution is 2.46. The quantitative estimate of drug-likeness (QED) is 0.770. The highest BCUT2D eigenvalue weighted by molar-refractivity contribution is 8.03. The largest absolute Gasteiger partial charge is 0.355 e. The maximum atomic E-state index is 6.05. The van der Waals surface area contributed by atoms with Crippen LogP contribution in [0.15, 0.2) is 53.5 Å². The summed E-state index contributed by atoms with van der Waals surface area (Å²) in [6, 6.07) is 6.38. The Morgan fingerprint density at radius 2 is 2.22 bits per heavy atom. The van der Waals surface area contributed by atoms with Crippen LogP contribution in [-0.2, 0) is 0 Å². The maximum absolute atomic E-state index is 6.05. The van der Waals surface area contributed by atoms with Gasteiger partial charge in [-0.3, -0.25) is 0 Å². The van der Waals surface area contributed by atoms with Crippen molar-refractivity contribution < 1.29 is 0 Å². The molecule has 1 aliphatic carbocycles. The minimum atomic E-state index is 0.267. The molecule has 0 saturated carbocycles. The summed E-state index contributed by atoms with van der Waals surface area (Å²) in [4.78, 5) is 2.41. The van der Waals surface area contributed by atoms with Crippen molar-refractivity contribution in [2.45, 2.75) is 11.5 Å². The summed E-state index contributed by atoms with van der Waals surface area (Å²) in [7, 11) is 0. The molecule has 0 bridgehead atoms. The molecule has 3 aliphatic rings. The Hall–Kier alpha value is -1.32. The second-order valence-corrected chi connectivity index (χ2v) is 5.90. The number of halogens is 1. The van der Waals surface area contributed by atoms with Crippen molar-refractivity contribution >= 4 is 34.7 Å². The van der Waals surface area contributed by atoms with Gasteiger partial charge in [-0.05, 0) is 29.2 Å². The van der Waals surface area contributed by atoms with E-state index in [9.17, 15) is 0 Å². The number of anilines is 2. The second kappa shape index (κ2) is 3.84. The topological polar surface area (TPSA) is 15.3 Å². The monoisotopic (exact) mass is 274 g/mol. The third kappa shape index (κ3) is 1.44. The zero-order valence-corrected chi connectivity index (χ0v) is 11.1. The summed E-state index contributed by atoms with van der Waals surface area (Å²) in [5, 5.41) is 6.53. The Morgan fingerprint density at radius 1 is 1.28 bits per heavy atom. The number of thioether (sulfide) groups is 1. The van der Waals surface area contributed by atoms with Gasteiger partial charge in [0.2, 0.25) is 0 Å². The first-order chi connectivity index (χ1) is 8.83. The van der Waals surface area contributed by atoms with Crippen LogP contribution in [0, 0.1) is 0 Å². The number of hydrogen-bond donors (Lipinski definition) is 1. The van der Waals surface area contributed by atoms with Crippen LogP contribution in [0.3, 0.4) is 0 Å². The molecule has 0 unspecified atom stereocenters. The molecule has 4 rings (SSSR count). The van der Waals surface area contributed by atoms with E-state index < -0.39 is 0 Å². The van der Waals surface area contributed by atoms with Gasteiger partial charge in [0.1, 0.15) is 0 Å². The number of hydrogen-bond acceptors (Lipinski definition) is 3. The van der Waals surface area contributed by atoms with E-state index in [2.05, 4.69) is 46.0 Å². The molecule has 0 spiro atoms. The van der Waals surface area contributed by atoms with Gasteiger partial charge in [-0.1, -0.05) is 47.7 Å². The van der Waals surface area contributed by atoms with Gasteiger partial charge in [-0.2, -0.15) is 0 Å². The van der Waals surface area contributed by atoms with Crippen LogP contribution in [-0.4, -0.2) is 11.5 Å². The third-order valence-corrected chi connectivity index (χ3v) is 4.68. The van der Waals surface area contributed by atoms with Gasteiger partial charge in [0.25, 0.3) is 0 Å². The van der Waals surface area contributed by atoms with E-state index in [0.717, 1.165) is 10.7 Å². The van der Waals surface area contributed by atoms with Crippen LogP contribution in [0.4, 0.5) is 11.4 Å². The van der Waals surface area contributed by atoms with Crippen LogP contribution in [0.1, 0.15) is 0 Å². The summed E-state index contributed by atoms with van der Waals surface area (Å²) in [5.41, 5.74) is 3.97. The van der Waals surface area contributed by atoms with Gasteiger partial charge in [0.05, 0.1) is 17.4 Å². The van der Waals surface area contributed by atoms with E-state index >= 15 is 0 Å². The molecule has 0 aromatic heterocycles. The van der Waals surface area contributed by atoms with Crippen LogP contribution in [0.5, 0.6) is 0 Å². The minimum Gasteiger partial charge on any atom is -0.355 e. The van der Waals surface area contributed by atoms with Gasteiger partial charge < -0.3 is 10.2 Å². The summed E-state index contributed by atoms with van der Waals surface area (Å²) < 4.78 is 0. The number of rotatable bonds is 0. The summed E-state index contributed by atoms with van der Waals surface area (Å²) >= 11 is 7.86. The fourth-order valence-electron chi connectivity index (χ4n) is 2.62. The molecule has 0 amide bonds. The first kappa shape index (κ1) is 10.6. The lowest BCUT2D eigenvalue weighted by molar-refractivity contribution is 0.782. The molecular weight excluding hydrogens is 264 g/mol. The Bertz CT molecular complexity index is 606. The van der Waals surface area contributed by atoms with Gasteiger partial charge >= 0.3 is 0 Å². The molecule has 0 saturated heterocycles. The number of allylic oxidation sites excluding steroid dienone is 2. The van der Waals surface area contributed by atoms with Crippen LogP contribution >= 0.6 is 23.4 Å². The molecule has 4 heteroatoms. The van der Waals surface area contributed by atoms with Crippen molar-refractivity contribution in [3.05, 3.63) is 58.5 Å². The Morgan fingerprint density at radius 3 is 3.17 bits per heavy atom. The van der Waals surface area contributed by atoms with E-state index in [4.69, 9.17) is 11.6 Å². The highest BCUT2D eigenvalue weighted by atomic mass is 35.5. The van der Waals surface area contributed by atoms with Crippen LogP contribution in [0.2, 0.25) is 5.02 Å². The lowest BCUT2D eigenvalue weighted by Gasteiger charge is -2.37. The zero-order chi connectivity index (χ0) is 12.1. The SMILES string of the molecule is Clc1ccc2c(c1)N[C@@H]1SC=C3C=CC=C[C@@H]3N21. The van der Waals surface area contributed by atoms with E-state index in [1.54, 1.807) is 11.8 Å². The van der Waals surface area contributed by atoms with E-state index in [-0.39, 0.29) is 5.50 Å². The molecule has 1 aromatic rings. The van der Waals surface area contributed by atoms with Crippen molar-refractivity contribution in [1.29, 1.82) is 0 Å². The second-order valence-electron chi connectivity index (χ2n) is 4.51. The minimum absolute atomic E-state index is 0.267. The summed E-state index contributed by atoms with van der Waals surface area (Å²) in [6.45, 7) is 0. The van der Waals surface area contributed by atoms with E-state index in [0.29, 0.717) is 6.04 Å². The van der Waals surface area contributed by atoms with E-state index in [1.807, 2.05) is 12.1 Å². The lowest BCUT2D eigenvalue weighted by Crippen LogP contribution is -2.43. The average Bonchev–Trinajstić information content (AvgIpc) is 2.76. The molecule has 2 heterocycles. The van der Waals surface area contributed by atoms with Gasteiger partial charge in [0.15, 0.2) is 5.50 Å². The predicted molar refractivity (Wildman–Crippen MR) is 79.1 cm³/mol. The zero-order valence-electron chi connectivity index (χ0n) is 9.51. The Balaban J connectivity index is 1.82. The molecule has 90 valence electrons. The number of benzene rings is 1. The first-order valence-electron chi connectivity index (χ1n) is 5.88. The highest BCUT2D eigenvalue weighted by Gasteiger charge is 2.37. The van der Waals surface area contributed by atoms with Gasteiger partial charge in [-0.15, -0.1) is 0 Å². The molecular formula is C14H11ClN2S. The maximum Gasteiger partial charge on any atom is 0.153 e. The molecule has 1 N–H and O–H groups in total. The van der Waals surface area contributed by atoms with Gasteiger partial charge in [0, 0.05) is 5.02 Å². The molecule has 0 radical (unpaired) electrons. The normalized spacial score (nSPS) is 27.2. The van der Waals surface area contributed by atoms with Crippen LogP contribution in [0.25, 0.3) is 0 Å². The number of fused-ring (bicyclic) bond motifs is 5. The van der Waals surface area contributed by atoms with Crippen molar-refractivity contribution in [3.63, 3.8) is 0 Å². The van der Waals surface area contributed by atoms with Gasteiger partial charge in [-0.25, -0.2) is 0 Å². The van der Waals surface area contributed by atoms with Crippen molar-refractivity contribution in [1.82, 2.24) is 0 Å². The summed E-state index contributed by atoms with van der Waals surface area (Å²) in [6.07, 6.45) is 8.63. The smallest absolute Gasteiger partial charge is 0.153 e.